The van der Waals surface area contributed by atoms with Gasteiger partial charge in [-0.2, -0.15) is 0 Å². The van der Waals surface area contributed by atoms with Crippen LogP contribution >= 0.6 is 0 Å². The van der Waals surface area contributed by atoms with Gasteiger partial charge in [0.15, 0.2) is 0 Å². The Kier molecular flexibility index (Phi) is 6.65. The first-order valence-corrected chi connectivity index (χ1v) is 6.01. The molecule has 132 valence electrons. The normalized spacial score (nSPS) is 16.1. The molecule has 0 saturated carbocycles. The smallest absolute Gasteiger partial charge is 0.434 e. The zero-order valence-corrected chi connectivity index (χ0v) is 11.6. The van der Waals surface area contributed by atoms with Crippen molar-refractivity contribution in [2.24, 2.45) is 0 Å². The second kappa shape index (κ2) is 6.99. The Labute approximate surface area is 124 Å². The van der Waals surface area contributed by atoms with Gasteiger partial charge in [-0.05, 0) is 6.42 Å². The Balaban J connectivity index is 5.14. The van der Waals surface area contributed by atoms with Gasteiger partial charge >= 0.3 is 18.1 Å². The molecule has 0 heterocycles. The van der Waals surface area contributed by atoms with Crippen LogP contribution in [0.5, 0.6) is 0 Å². The van der Waals surface area contributed by atoms with Gasteiger partial charge in [0.05, 0.1) is 6.61 Å². The van der Waals surface area contributed by atoms with Gasteiger partial charge in [0.2, 0.25) is 5.60 Å². The molecule has 22 heavy (non-hydrogen) atoms. The van der Waals surface area contributed by atoms with Crippen molar-refractivity contribution in [3.05, 3.63) is 0 Å². The van der Waals surface area contributed by atoms with Crippen LogP contribution < -0.4 is 0 Å². The van der Waals surface area contributed by atoms with Gasteiger partial charge in [0.25, 0.3) is 5.79 Å². The summed E-state index contributed by atoms with van der Waals surface area (Å²) in [7, 11) is 0. The largest absolute Gasteiger partial charge is 0.508 e. The Morgan fingerprint density at radius 2 is 1.36 bits per heavy atom. The number of carbonyl (C=O) groups is 1. The summed E-state index contributed by atoms with van der Waals surface area (Å²) < 4.78 is 8.54. The third-order valence-electron chi connectivity index (χ3n) is 2.72. The van der Waals surface area contributed by atoms with Crippen molar-refractivity contribution in [3.63, 3.8) is 0 Å². The number of carbonyl (C=O) groups excluding carboxylic acids is 1. The molecule has 0 saturated heterocycles. The third kappa shape index (κ3) is 4.45. The highest BCUT2D eigenvalue weighted by Gasteiger charge is 2.71. The van der Waals surface area contributed by atoms with Crippen LogP contribution in [0.15, 0.2) is 0 Å². The van der Waals surface area contributed by atoms with Crippen molar-refractivity contribution in [1.29, 1.82) is 0 Å². The monoisotopic (exact) mass is 332 g/mol. The standard InChI is InChI=1S/C10H20O12/c1-2-3-4-21-6(11)22-5-7(12,9(15,16)17)8(13,14)10(18,19)20/h12-20H,2-5H2,1H3. The van der Waals surface area contributed by atoms with E-state index in [1.54, 1.807) is 6.92 Å². The minimum absolute atomic E-state index is 0.108. The first-order chi connectivity index (χ1) is 9.70. The molecule has 0 aliphatic rings. The third-order valence-corrected chi connectivity index (χ3v) is 2.72. The van der Waals surface area contributed by atoms with E-state index in [0.29, 0.717) is 12.8 Å². The van der Waals surface area contributed by atoms with Crippen molar-refractivity contribution < 1.29 is 60.2 Å². The van der Waals surface area contributed by atoms with Crippen LogP contribution in [0.1, 0.15) is 19.8 Å². The number of aliphatic hydroxyl groups is 9. The fourth-order valence-electron chi connectivity index (χ4n) is 1.21. The van der Waals surface area contributed by atoms with Crippen LogP contribution in [0.25, 0.3) is 0 Å². The Bertz CT molecular complexity index is 367. The number of hydrogen-bond donors (Lipinski definition) is 9. The van der Waals surface area contributed by atoms with Gasteiger partial charge in [0.1, 0.15) is 6.61 Å². The molecule has 0 rings (SSSR count). The second-order valence-electron chi connectivity index (χ2n) is 4.54. The van der Waals surface area contributed by atoms with Crippen LogP contribution in [0.4, 0.5) is 4.79 Å². The first-order valence-electron chi connectivity index (χ1n) is 6.01. The summed E-state index contributed by atoms with van der Waals surface area (Å²) in [5.41, 5.74) is -4.15. The molecule has 0 aromatic carbocycles. The van der Waals surface area contributed by atoms with Crippen LogP contribution in [0.3, 0.4) is 0 Å². The zero-order valence-electron chi connectivity index (χ0n) is 11.6. The van der Waals surface area contributed by atoms with Gasteiger partial charge < -0.3 is 55.4 Å². The zero-order chi connectivity index (χ0) is 17.8. The molecule has 0 aliphatic carbocycles. The van der Waals surface area contributed by atoms with Crippen molar-refractivity contribution in [2.75, 3.05) is 13.2 Å². The van der Waals surface area contributed by atoms with E-state index in [-0.39, 0.29) is 6.61 Å². The summed E-state index contributed by atoms with van der Waals surface area (Å²) in [5.74, 6) is -13.5. The fraction of sp³-hybridized carbons (Fsp3) is 0.900. The van der Waals surface area contributed by atoms with Crippen LogP contribution in [-0.2, 0) is 9.47 Å². The highest BCUT2D eigenvalue weighted by atomic mass is 16.8. The Hall–Kier alpha value is -1.09. The van der Waals surface area contributed by atoms with E-state index >= 15 is 0 Å². The predicted octanol–water partition coefficient (Wildman–Crippen LogP) is -4.39. The van der Waals surface area contributed by atoms with E-state index in [4.69, 9.17) is 30.6 Å². The maximum Gasteiger partial charge on any atom is 0.508 e. The average Bonchev–Trinajstić information content (AvgIpc) is 2.33. The lowest BCUT2D eigenvalue weighted by Crippen LogP contribution is -2.78. The van der Waals surface area contributed by atoms with Gasteiger partial charge in [-0.1, -0.05) is 13.3 Å². The average molecular weight is 332 g/mol. The molecule has 1 unspecified atom stereocenters. The maximum absolute atomic E-state index is 11.1. The number of hydrogen-bond acceptors (Lipinski definition) is 12. The van der Waals surface area contributed by atoms with E-state index in [1.807, 2.05) is 0 Å². The molecule has 0 amide bonds. The molecule has 9 N–H and O–H groups in total. The Morgan fingerprint density at radius 1 is 0.864 bits per heavy atom. The molecular weight excluding hydrogens is 312 g/mol. The van der Waals surface area contributed by atoms with E-state index in [1.165, 1.54) is 0 Å². The van der Waals surface area contributed by atoms with Crippen LogP contribution in [0.2, 0.25) is 0 Å². The molecular formula is C10H20O12. The summed E-state index contributed by atoms with van der Waals surface area (Å²) >= 11 is 0. The number of unbranched alkanes of at least 4 members (excludes halogenated alkanes) is 1. The summed E-state index contributed by atoms with van der Waals surface area (Å²) in [6.07, 6.45) is -0.408. The maximum atomic E-state index is 11.1. The van der Waals surface area contributed by atoms with Crippen molar-refractivity contribution >= 4 is 6.16 Å². The summed E-state index contributed by atoms with van der Waals surface area (Å²) in [6, 6.07) is 0. The predicted molar refractivity (Wildman–Crippen MR) is 63.1 cm³/mol. The summed E-state index contributed by atoms with van der Waals surface area (Å²) in [6.45, 7) is -0.137. The highest BCUT2D eigenvalue weighted by Crippen LogP contribution is 2.34. The van der Waals surface area contributed by atoms with Crippen molar-refractivity contribution in [2.45, 2.75) is 43.1 Å². The van der Waals surface area contributed by atoms with Gasteiger partial charge in [-0.15, -0.1) is 0 Å². The number of rotatable bonds is 8. The first kappa shape index (κ1) is 20.9. The molecule has 0 aromatic heterocycles. The van der Waals surface area contributed by atoms with Crippen molar-refractivity contribution in [1.82, 2.24) is 0 Å². The Morgan fingerprint density at radius 3 is 1.73 bits per heavy atom. The summed E-state index contributed by atoms with van der Waals surface area (Å²) in [5, 5.41) is 81.2. The molecule has 0 aromatic rings. The molecule has 1 atom stereocenters. The van der Waals surface area contributed by atoms with E-state index < -0.39 is 36.1 Å². The molecule has 12 heteroatoms. The van der Waals surface area contributed by atoms with Crippen LogP contribution in [-0.4, -0.2) is 88.7 Å². The highest BCUT2D eigenvalue weighted by molar-refractivity contribution is 5.59. The molecule has 0 radical (unpaired) electrons. The van der Waals surface area contributed by atoms with E-state index in [9.17, 15) is 20.1 Å². The number of ether oxygens (including phenoxy) is 2. The van der Waals surface area contributed by atoms with Gasteiger partial charge in [-0.25, -0.2) is 4.79 Å². The molecule has 12 nitrogen and oxygen atoms in total. The van der Waals surface area contributed by atoms with Gasteiger partial charge in [-0.3, -0.25) is 0 Å². The fourth-order valence-corrected chi connectivity index (χ4v) is 1.21. The summed E-state index contributed by atoms with van der Waals surface area (Å²) in [4.78, 5) is 11.1. The molecule has 0 bridgehead atoms. The quantitative estimate of drug-likeness (QED) is 0.117. The SMILES string of the molecule is CCCCOC(=O)OCC(O)(C(O)(O)O)C(O)(O)C(O)(O)O. The lowest BCUT2D eigenvalue weighted by molar-refractivity contribution is -0.532. The van der Waals surface area contributed by atoms with Gasteiger partial charge in [0, 0.05) is 0 Å². The molecule has 0 fully saturated rings. The topological polar surface area (TPSA) is 218 Å². The van der Waals surface area contributed by atoms with Crippen molar-refractivity contribution in [3.8, 4) is 0 Å². The van der Waals surface area contributed by atoms with E-state index in [2.05, 4.69) is 9.47 Å². The minimum Gasteiger partial charge on any atom is -0.434 e. The lowest BCUT2D eigenvalue weighted by Gasteiger charge is -2.45. The molecule has 0 spiro atoms. The van der Waals surface area contributed by atoms with Crippen LogP contribution in [0, 0.1) is 0 Å². The second-order valence-corrected chi connectivity index (χ2v) is 4.54. The lowest BCUT2D eigenvalue weighted by atomic mass is 9.88. The molecule has 0 aliphatic heterocycles. The van der Waals surface area contributed by atoms with E-state index in [0.717, 1.165) is 0 Å². The minimum atomic E-state index is -4.55.